The van der Waals surface area contributed by atoms with Crippen molar-refractivity contribution in [2.45, 2.75) is 44.8 Å². The predicted octanol–water partition coefficient (Wildman–Crippen LogP) is 3.88. The molecular weight excluding hydrogens is 402 g/mol. The molecule has 8 heteroatoms. The van der Waals surface area contributed by atoms with Crippen molar-refractivity contribution in [3.8, 4) is 0 Å². The number of nitrogens with one attached hydrogen (secondary N) is 1. The average Bonchev–Trinajstić information content (AvgIpc) is 3.46. The lowest BCUT2D eigenvalue weighted by Gasteiger charge is -2.28. The summed E-state index contributed by atoms with van der Waals surface area (Å²) in [6, 6.07) is 9.21. The fourth-order valence-electron chi connectivity index (χ4n) is 4.19. The second-order valence-corrected chi connectivity index (χ2v) is 8.01. The molecule has 0 unspecified atom stereocenters. The normalized spacial score (nSPS) is 14.6. The topological polar surface area (TPSA) is 80.5 Å². The van der Waals surface area contributed by atoms with Gasteiger partial charge in [-0.15, -0.1) is 0 Å². The van der Waals surface area contributed by atoms with Crippen molar-refractivity contribution in [3.05, 3.63) is 63.0 Å². The summed E-state index contributed by atoms with van der Waals surface area (Å²) >= 11 is 5.46. The molecule has 0 aliphatic heterocycles. The van der Waals surface area contributed by atoms with Crippen molar-refractivity contribution in [1.29, 1.82) is 0 Å². The third-order valence-corrected chi connectivity index (χ3v) is 6.12. The van der Waals surface area contributed by atoms with Crippen LogP contribution in [0.2, 0.25) is 0 Å². The van der Waals surface area contributed by atoms with Gasteiger partial charge < -0.3 is 14.1 Å². The van der Waals surface area contributed by atoms with Crippen LogP contribution in [0.1, 0.15) is 41.8 Å². The number of benzene rings is 1. The Labute approximate surface area is 179 Å². The van der Waals surface area contributed by atoms with Gasteiger partial charge in [0.2, 0.25) is 0 Å². The summed E-state index contributed by atoms with van der Waals surface area (Å²) in [7, 11) is 1.32. The largest absolute Gasteiger partial charge is 0.468 e. The van der Waals surface area contributed by atoms with Crippen LogP contribution >= 0.6 is 12.2 Å². The van der Waals surface area contributed by atoms with E-state index in [1.807, 2.05) is 12.1 Å². The van der Waals surface area contributed by atoms with E-state index in [0.717, 1.165) is 25.1 Å². The number of esters is 1. The van der Waals surface area contributed by atoms with E-state index in [1.54, 1.807) is 29.0 Å². The van der Waals surface area contributed by atoms with Crippen LogP contribution in [0.4, 0.5) is 0 Å². The summed E-state index contributed by atoms with van der Waals surface area (Å²) in [5.41, 5.74) is 0.751. The molecule has 1 aromatic carbocycles. The van der Waals surface area contributed by atoms with Crippen LogP contribution in [0.3, 0.4) is 0 Å². The van der Waals surface area contributed by atoms with Crippen LogP contribution in [0.5, 0.6) is 0 Å². The van der Waals surface area contributed by atoms with Crippen LogP contribution in [-0.2, 0) is 17.8 Å². The lowest BCUT2D eigenvalue weighted by atomic mass is 10.1. The molecule has 1 N–H and O–H groups in total. The Morgan fingerprint density at radius 3 is 2.83 bits per heavy atom. The maximum Gasteiger partial charge on any atom is 0.337 e. The molecule has 0 spiro atoms. The number of carbonyl (C=O) groups excluding carboxylic acids is 1. The van der Waals surface area contributed by atoms with Gasteiger partial charge in [0.1, 0.15) is 5.76 Å². The first kappa shape index (κ1) is 20.6. The number of furan rings is 1. The van der Waals surface area contributed by atoms with Gasteiger partial charge in [0.15, 0.2) is 4.77 Å². The Morgan fingerprint density at radius 2 is 2.13 bits per heavy atom. The van der Waals surface area contributed by atoms with Gasteiger partial charge in [0.05, 0.1) is 36.4 Å². The first-order valence-corrected chi connectivity index (χ1v) is 10.6. The van der Waals surface area contributed by atoms with Gasteiger partial charge in [-0.25, -0.2) is 4.79 Å². The standard InChI is InChI=1S/C22H25N3O4S/c1-28-21(27)15-8-9-18-19(13-15)23-22(30)25(20(18)26)11-10-24(16-5-2-3-6-16)14-17-7-4-12-29-17/h4,7-9,12-13,16H,2-3,5-6,10-11,14H2,1H3,(H,23,30). The highest BCUT2D eigenvalue weighted by Gasteiger charge is 2.23. The van der Waals surface area contributed by atoms with Crippen molar-refractivity contribution >= 4 is 29.1 Å². The first-order chi connectivity index (χ1) is 14.6. The average molecular weight is 428 g/mol. The number of hydrogen-bond acceptors (Lipinski definition) is 6. The second kappa shape index (κ2) is 8.97. The van der Waals surface area contributed by atoms with E-state index in [1.165, 1.54) is 20.0 Å². The fourth-order valence-corrected chi connectivity index (χ4v) is 4.48. The molecule has 2 heterocycles. The number of nitrogens with zero attached hydrogens (tertiary/aromatic N) is 2. The van der Waals surface area contributed by atoms with Crippen molar-refractivity contribution in [2.75, 3.05) is 13.7 Å². The Hall–Kier alpha value is -2.71. The molecule has 0 saturated heterocycles. The Morgan fingerprint density at radius 1 is 1.33 bits per heavy atom. The Bertz CT molecular complexity index is 1140. The van der Waals surface area contributed by atoms with Crippen LogP contribution in [0.15, 0.2) is 45.8 Å². The van der Waals surface area contributed by atoms with E-state index in [9.17, 15) is 9.59 Å². The number of aromatic nitrogens is 2. The fraction of sp³-hybridized carbons (Fsp3) is 0.409. The number of fused-ring (bicyclic) bond motifs is 1. The van der Waals surface area contributed by atoms with E-state index in [0.29, 0.717) is 40.4 Å². The van der Waals surface area contributed by atoms with Gasteiger partial charge in [-0.05, 0) is 55.4 Å². The maximum atomic E-state index is 13.1. The third kappa shape index (κ3) is 4.24. The van der Waals surface area contributed by atoms with Gasteiger partial charge in [-0.2, -0.15) is 0 Å². The molecule has 1 aliphatic rings. The molecule has 3 aromatic rings. The maximum absolute atomic E-state index is 13.1. The van der Waals surface area contributed by atoms with Crippen LogP contribution < -0.4 is 5.56 Å². The van der Waals surface area contributed by atoms with Crippen molar-refractivity contribution < 1.29 is 13.9 Å². The molecule has 1 aliphatic carbocycles. The van der Waals surface area contributed by atoms with Crippen molar-refractivity contribution in [3.63, 3.8) is 0 Å². The second-order valence-electron chi connectivity index (χ2n) is 7.63. The van der Waals surface area contributed by atoms with Gasteiger partial charge in [0, 0.05) is 19.1 Å². The molecule has 0 atom stereocenters. The number of H-pyrrole nitrogens is 1. The summed E-state index contributed by atoms with van der Waals surface area (Å²) in [5, 5.41) is 0.495. The van der Waals surface area contributed by atoms with E-state index >= 15 is 0 Å². The van der Waals surface area contributed by atoms with Crippen molar-refractivity contribution in [1.82, 2.24) is 14.5 Å². The highest BCUT2D eigenvalue weighted by atomic mass is 32.1. The minimum Gasteiger partial charge on any atom is -0.468 e. The van der Waals surface area contributed by atoms with E-state index in [2.05, 4.69) is 9.88 Å². The van der Waals surface area contributed by atoms with Gasteiger partial charge in [0.25, 0.3) is 5.56 Å². The summed E-state index contributed by atoms with van der Waals surface area (Å²) < 4.78 is 12.2. The zero-order chi connectivity index (χ0) is 21.1. The highest BCUT2D eigenvalue weighted by Crippen LogP contribution is 2.25. The quantitative estimate of drug-likeness (QED) is 0.455. The summed E-state index contributed by atoms with van der Waals surface area (Å²) in [6.45, 7) is 1.91. The zero-order valence-electron chi connectivity index (χ0n) is 16.9. The molecule has 4 rings (SSSR count). The predicted molar refractivity (Wildman–Crippen MR) is 116 cm³/mol. The molecule has 7 nitrogen and oxygen atoms in total. The molecule has 158 valence electrons. The molecule has 1 saturated carbocycles. The number of carbonyl (C=O) groups is 1. The summed E-state index contributed by atoms with van der Waals surface area (Å²) in [4.78, 5) is 30.3. The highest BCUT2D eigenvalue weighted by molar-refractivity contribution is 7.71. The summed E-state index contributed by atoms with van der Waals surface area (Å²) in [6.07, 6.45) is 6.48. The minimum atomic E-state index is -0.453. The first-order valence-electron chi connectivity index (χ1n) is 10.2. The molecule has 2 aromatic heterocycles. The molecule has 1 fully saturated rings. The monoisotopic (exact) mass is 427 g/mol. The molecular formula is C22H25N3O4S. The van der Waals surface area contributed by atoms with Gasteiger partial charge in [-0.1, -0.05) is 12.8 Å². The van der Waals surface area contributed by atoms with Gasteiger partial charge >= 0.3 is 5.97 Å². The number of hydrogen-bond donors (Lipinski definition) is 1. The number of ether oxygens (including phenoxy) is 1. The van der Waals surface area contributed by atoms with E-state index in [4.69, 9.17) is 21.4 Å². The van der Waals surface area contributed by atoms with Crippen molar-refractivity contribution in [2.24, 2.45) is 0 Å². The number of rotatable bonds is 7. The molecule has 0 radical (unpaired) electrons. The molecule has 30 heavy (non-hydrogen) atoms. The Balaban J connectivity index is 1.59. The SMILES string of the molecule is COC(=O)c1ccc2c(=O)n(CCN(Cc3ccco3)C3CCCC3)c(=S)[nH]c2c1. The third-order valence-electron chi connectivity index (χ3n) is 5.79. The molecule has 0 amide bonds. The smallest absolute Gasteiger partial charge is 0.337 e. The minimum absolute atomic E-state index is 0.158. The lowest BCUT2D eigenvalue weighted by Crippen LogP contribution is -2.37. The lowest BCUT2D eigenvalue weighted by molar-refractivity contribution is 0.0601. The molecule has 0 bridgehead atoms. The van der Waals surface area contributed by atoms with E-state index in [-0.39, 0.29) is 5.56 Å². The van der Waals surface area contributed by atoms with Gasteiger partial charge in [-0.3, -0.25) is 14.3 Å². The number of aromatic amines is 1. The van der Waals surface area contributed by atoms with E-state index < -0.39 is 5.97 Å². The number of methoxy groups -OCH3 is 1. The van der Waals surface area contributed by atoms with Crippen LogP contribution in [-0.4, -0.2) is 40.1 Å². The Kier molecular flexibility index (Phi) is 6.15. The zero-order valence-corrected chi connectivity index (χ0v) is 17.7. The van der Waals surface area contributed by atoms with Crippen LogP contribution in [0.25, 0.3) is 10.9 Å². The summed E-state index contributed by atoms with van der Waals surface area (Å²) in [5.74, 6) is 0.471. The van der Waals surface area contributed by atoms with Crippen LogP contribution in [0, 0.1) is 4.77 Å².